The monoisotopic (exact) mass is 319 g/mol. The van der Waals surface area contributed by atoms with E-state index in [1.165, 1.54) is 37.9 Å². The standard InChI is InChI=1S/C19H21N5/c1-2-9-23(10-3-1)14-16-4-6-17(7-5-16)18-12-21-19(22-13-18)24-11-8-20-15-24/h4-8,11-13,15H,1-3,9-10,14H2. The molecule has 0 spiro atoms. The van der Waals surface area contributed by atoms with Crippen LogP contribution >= 0.6 is 0 Å². The van der Waals surface area contributed by atoms with Crippen LogP contribution in [0.2, 0.25) is 0 Å². The summed E-state index contributed by atoms with van der Waals surface area (Å²) in [6, 6.07) is 8.76. The molecule has 0 atom stereocenters. The van der Waals surface area contributed by atoms with E-state index in [9.17, 15) is 0 Å². The minimum atomic E-state index is 0.637. The molecule has 5 heteroatoms. The van der Waals surface area contributed by atoms with Crippen LogP contribution in [0.15, 0.2) is 55.4 Å². The van der Waals surface area contributed by atoms with Gasteiger partial charge in [-0.3, -0.25) is 9.47 Å². The zero-order valence-corrected chi connectivity index (χ0v) is 13.7. The van der Waals surface area contributed by atoms with Crippen molar-refractivity contribution in [3.63, 3.8) is 0 Å². The van der Waals surface area contributed by atoms with Crippen molar-refractivity contribution in [2.75, 3.05) is 13.1 Å². The highest BCUT2D eigenvalue weighted by molar-refractivity contribution is 5.61. The fraction of sp³-hybridized carbons (Fsp3) is 0.316. The molecule has 0 saturated carbocycles. The molecule has 0 N–H and O–H groups in total. The third-order valence-corrected chi connectivity index (χ3v) is 4.52. The molecule has 0 bridgehead atoms. The highest BCUT2D eigenvalue weighted by Crippen LogP contribution is 2.20. The van der Waals surface area contributed by atoms with Gasteiger partial charge in [-0.05, 0) is 37.1 Å². The lowest BCUT2D eigenvalue weighted by Gasteiger charge is -2.26. The van der Waals surface area contributed by atoms with E-state index in [2.05, 4.69) is 44.1 Å². The number of hydrogen-bond acceptors (Lipinski definition) is 4. The summed E-state index contributed by atoms with van der Waals surface area (Å²) in [6.07, 6.45) is 13.0. The van der Waals surface area contributed by atoms with Crippen LogP contribution in [0.5, 0.6) is 0 Å². The second-order valence-corrected chi connectivity index (χ2v) is 6.28. The molecule has 3 heterocycles. The molecule has 1 aliphatic rings. The van der Waals surface area contributed by atoms with Gasteiger partial charge in [0.25, 0.3) is 0 Å². The molecule has 0 amide bonds. The molecule has 1 aromatic carbocycles. The Kier molecular flexibility index (Phi) is 4.34. The minimum absolute atomic E-state index is 0.637. The van der Waals surface area contributed by atoms with E-state index in [1.807, 2.05) is 18.6 Å². The van der Waals surface area contributed by atoms with Crippen molar-refractivity contribution in [2.24, 2.45) is 0 Å². The molecular weight excluding hydrogens is 298 g/mol. The Balaban J connectivity index is 1.46. The summed E-state index contributed by atoms with van der Waals surface area (Å²) in [5.41, 5.74) is 3.55. The third kappa shape index (κ3) is 3.36. The molecule has 24 heavy (non-hydrogen) atoms. The lowest BCUT2D eigenvalue weighted by Crippen LogP contribution is -2.28. The number of rotatable bonds is 4. The average Bonchev–Trinajstić information content (AvgIpc) is 3.18. The first-order valence-corrected chi connectivity index (χ1v) is 8.50. The maximum Gasteiger partial charge on any atom is 0.234 e. The van der Waals surface area contributed by atoms with Gasteiger partial charge in [0.15, 0.2) is 0 Å². The van der Waals surface area contributed by atoms with Crippen LogP contribution in [0.4, 0.5) is 0 Å². The van der Waals surface area contributed by atoms with Crippen LogP contribution in [0, 0.1) is 0 Å². The van der Waals surface area contributed by atoms with Gasteiger partial charge in [-0.25, -0.2) is 15.0 Å². The van der Waals surface area contributed by atoms with Crippen molar-refractivity contribution >= 4 is 0 Å². The van der Waals surface area contributed by atoms with Crippen LogP contribution in [0.3, 0.4) is 0 Å². The first kappa shape index (κ1) is 15.0. The zero-order valence-electron chi connectivity index (χ0n) is 13.7. The van der Waals surface area contributed by atoms with Crippen LogP contribution < -0.4 is 0 Å². The molecule has 5 nitrogen and oxygen atoms in total. The van der Waals surface area contributed by atoms with Gasteiger partial charge in [0, 0.05) is 36.9 Å². The van der Waals surface area contributed by atoms with E-state index in [4.69, 9.17) is 0 Å². The van der Waals surface area contributed by atoms with E-state index >= 15 is 0 Å². The molecule has 0 aliphatic carbocycles. The summed E-state index contributed by atoms with van der Waals surface area (Å²) < 4.78 is 1.80. The first-order valence-electron chi connectivity index (χ1n) is 8.50. The van der Waals surface area contributed by atoms with E-state index in [0.29, 0.717) is 5.95 Å². The Hall–Kier alpha value is -2.53. The maximum atomic E-state index is 4.42. The number of imidazole rings is 1. The minimum Gasteiger partial charge on any atom is -0.299 e. The largest absolute Gasteiger partial charge is 0.299 e. The summed E-state index contributed by atoms with van der Waals surface area (Å²) >= 11 is 0. The summed E-state index contributed by atoms with van der Waals surface area (Å²) in [5.74, 6) is 0.637. The predicted molar refractivity (Wildman–Crippen MR) is 93.7 cm³/mol. The van der Waals surface area contributed by atoms with Crippen LogP contribution in [0.1, 0.15) is 24.8 Å². The SMILES string of the molecule is c1cn(-c2ncc(-c3ccc(CN4CCCCC4)cc3)cn2)cn1. The van der Waals surface area contributed by atoms with E-state index < -0.39 is 0 Å². The van der Waals surface area contributed by atoms with Gasteiger partial charge >= 0.3 is 0 Å². The number of aromatic nitrogens is 4. The highest BCUT2D eigenvalue weighted by Gasteiger charge is 2.10. The van der Waals surface area contributed by atoms with E-state index in [-0.39, 0.29) is 0 Å². The van der Waals surface area contributed by atoms with Gasteiger partial charge in [-0.1, -0.05) is 30.7 Å². The molecule has 2 aromatic heterocycles. The third-order valence-electron chi connectivity index (χ3n) is 4.52. The Morgan fingerprint density at radius 1 is 0.875 bits per heavy atom. The van der Waals surface area contributed by atoms with Gasteiger partial charge in [-0.15, -0.1) is 0 Å². The Labute approximate surface area is 142 Å². The molecular formula is C19H21N5. The van der Waals surface area contributed by atoms with Crippen LogP contribution in [-0.2, 0) is 6.54 Å². The fourth-order valence-electron chi connectivity index (χ4n) is 3.16. The van der Waals surface area contributed by atoms with Crippen molar-refractivity contribution < 1.29 is 0 Å². The fourth-order valence-corrected chi connectivity index (χ4v) is 3.16. The summed E-state index contributed by atoms with van der Waals surface area (Å²) in [7, 11) is 0. The van der Waals surface area contributed by atoms with Gasteiger partial charge < -0.3 is 0 Å². The van der Waals surface area contributed by atoms with Crippen molar-refractivity contribution in [1.29, 1.82) is 0 Å². The molecule has 4 rings (SSSR count). The highest BCUT2D eigenvalue weighted by atomic mass is 15.2. The predicted octanol–water partition coefficient (Wildman–Crippen LogP) is 3.32. The summed E-state index contributed by atoms with van der Waals surface area (Å²) in [4.78, 5) is 15.4. The van der Waals surface area contributed by atoms with Crippen LogP contribution in [0.25, 0.3) is 17.1 Å². The smallest absolute Gasteiger partial charge is 0.234 e. The van der Waals surface area contributed by atoms with Gasteiger partial charge in [-0.2, -0.15) is 0 Å². The van der Waals surface area contributed by atoms with Crippen LogP contribution in [-0.4, -0.2) is 37.5 Å². The van der Waals surface area contributed by atoms with Gasteiger partial charge in [0.05, 0.1) is 0 Å². The van der Waals surface area contributed by atoms with Crippen molar-refractivity contribution in [3.8, 4) is 17.1 Å². The Bertz CT molecular complexity index is 757. The lowest BCUT2D eigenvalue weighted by atomic mass is 10.1. The molecule has 0 unspecified atom stereocenters. The van der Waals surface area contributed by atoms with Crippen molar-refractivity contribution in [1.82, 2.24) is 24.4 Å². The molecule has 1 fully saturated rings. The quantitative estimate of drug-likeness (QED) is 0.740. The number of nitrogens with zero attached hydrogens (tertiary/aromatic N) is 5. The van der Waals surface area contributed by atoms with Gasteiger partial charge in [0.1, 0.15) is 6.33 Å². The summed E-state index contributed by atoms with van der Waals surface area (Å²) in [6.45, 7) is 3.51. The van der Waals surface area contributed by atoms with E-state index in [1.54, 1.807) is 17.1 Å². The van der Waals surface area contributed by atoms with E-state index in [0.717, 1.165) is 17.7 Å². The topological polar surface area (TPSA) is 46.8 Å². The molecule has 1 aliphatic heterocycles. The number of likely N-dealkylation sites (tertiary alicyclic amines) is 1. The average molecular weight is 319 g/mol. The first-order chi connectivity index (χ1) is 11.9. The summed E-state index contributed by atoms with van der Waals surface area (Å²) in [5, 5.41) is 0. The van der Waals surface area contributed by atoms with Crippen molar-refractivity contribution in [3.05, 3.63) is 60.9 Å². The molecule has 3 aromatic rings. The second kappa shape index (κ2) is 6.93. The number of piperidine rings is 1. The number of benzene rings is 1. The van der Waals surface area contributed by atoms with Gasteiger partial charge in [0.2, 0.25) is 5.95 Å². The zero-order chi connectivity index (χ0) is 16.2. The second-order valence-electron chi connectivity index (χ2n) is 6.28. The Morgan fingerprint density at radius 2 is 1.62 bits per heavy atom. The molecule has 1 saturated heterocycles. The Morgan fingerprint density at radius 3 is 2.29 bits per heavy atom. The number of hydrogen-bond donors (Lipinski definition) is 0. The van der Waals surface area contributed by atoms with Crippen molar-refractivity contribution in [2.45, 2.75) is 25.8 Å². The lowest BCUT2D eigenvalue weighted by molar-refractivity contribution is 0.221. The normalized spacial score (nSPS) is 15.5. The molecule has 122 valence electrons. The maximum absolute atomic E-state index is 4.42. The molecule has 0 radical (unpaired) electrons.